The number of hydrogen-bond donors (Lipinski definition) is 0. The number of carbonyl (C=O) groups is 1. The molecule has 2 heterocycles. The molecule has 1 amide bonds. The molecule has 2 aromatic carbocycles. The van der Waals surface area contributed by atoms with Gasteiger partial charge < -0.3 is 9.80 Å². The van der Waals surface area contributed by atoms with Crippen LogP contribution in [0.2, 0.25) is 0 Å². The Morgan fingerprint density at radius 3 is 2.65 bits per heavy atom. The van der Waals surface area contributed by atoms with Crippen molar-refractivity contribution in [3.05, 3.63) is 78.2 Å². The topological polar surface area (TPSA) is 49.3 Å². The molecule has 1 aliphatic heterocycles. The lowest BCUT2D eigenvalue weighted by Gasteiger charge is -2.23. The number of anilines is 3. The molecule has 1 aliphatic rings. The van der Waals surface area contributed by atoms with Crippen LogP contribution in [0.3, 0.4) is 0 Å². The molecule has 0 aliphatic carbocycles. The van der Waals surface area contributed by atoms with Crippen molar-refractivity contribution in [1.29, 1.82) is 0 Å². The van der Waals surface area contributed by atoms with E-state index in [1.807, 2.05) is 48.5 Å². The first-order valence-electron chi connectivity index (χ1n) is 8.82. The summed E-state index contributed by atoms with van der Waals surface area (Å²) in [4.78, 5) is 25.5. The molecule has 0 N–H and O–H groups in total. The van der Waals surface area contributed by atoms with Gasteiger partial charge in [0.05, 0.1) is 0 Å². The van der Waals surface area contributed by atoms with Gasteiger partial charge in [0.2, 0.25) is 0 Å². The zero-order valence-electron chi connectivity index (χ0n) is 14.7. The Morgan fingerprint density at radius 1 is 1.08 bits per heavy atom. The highest BCUT2D eigenvalue weighted by Gasteiger charge is 2.26. The molecule has 0 saturated heterocycles. The number of hydrogen-bond acceptors (Lipinski definition) is 4. The standard InChI is InChI=1S/C21H20N4O/c1-2-24(17-9-4-3-5-10-17)20-14-18(22-15-23-20)21(26)25-13-12-16-8-6-7-11-19(16)25/h3-11,14-15H,2,12-13H2,1H3. The molecule has 0 radical (unpaired) electrons. The van der Waals surface area contributed by atoms with Gasteiger partial charge in [-0.25, -0.2) is 9.97 Å². The van der Waals surface area contributed by atoms with E-state index in [0.717, 1.165) is 30.2 Å². The van der Waals surface area contributed by atoms with Crippen molar-refractivity contribution in [2.45, 2.75) is 13.3 Å². The van der Waals surface area contributed by atoms with Crippen LogP contribution in [0, 0.1) is 0 Å². The summed E-state index contributed by atoms with van der Waals surface area (Å²) in [6, 6.07) is 19.8. The molecule has 4 rings (SSSR count). The Hall–Kier alpha value is -3.21. The van der Waals surface area contributed by atoms with Crippen molar-refractivity contribution < 1.29 is 4.79 Å². The van der Waals surface area contributed by atoms with Crippen LogP contribution in [-0.4, -0.2) is 29.0 Å². The van der Waals surface area contributed by atoms with Crippen molar-refractivity contribution in [2.24, 2.45) is 0 Å². The van der Waals surface area contributed by atoms with E-state index in [2.05, 4.69) is 27.9 Å². The molecule has 0 fully saturated rings. The van der Waals surface area contributed by atoms with E-state index in [-0.39, 0.29) is 5.91 Å². The van der Waals surface area contributed by atoms with Crippen molar-refractivity contribution in [3.63, 3.8) is 0 Å². The molecule has 5 heteroatoms. The van der Waals surface area contributed by atoms with E-state index in [0.29, 0.717) is 12.2 Å². The molecule has 130 valence electrons. The minimum atomic E-state index is -0.0808. The van der Waals surface area contributed by atoms with Gasteiger partial charge in [0, 0.05) is 30.5 Å². The average Bonchev–Trinajstić information content (AvgIpc) is 3.13. The Labute approximate surface area is 152 Å². The third kappa shape index (κ3) is 2.92. The lowest BCUT2D eigenvalue weighted by Crippen LogP contribution is -2.30. The van der Waals surface area contributed by atoms with Crippen LogP contribution >= 0.6 is 0 Å². The van der Waals surface area contributed by atoms with E-state index in [4.69, 9.17) is 0 Å². The minimum Gasteiger partial charge on any atom is -0.327 e. The van der Waals surface area contributed by atoms with E-state index in [1.54, 1.807) is 11.0 Å². The minimum absolute atomic E-state index is 0.0808. The van der Waals surface area contributed by atoms with E-state index >= 15 is 0 Å². The van der Waals surface area contributed by atoms with Crippen LogP contribution in [0.1, 0.15) is 23.0 Å². The SMILES string of the molecule is CCN(c1ccccc1)c1cc(C(=O)N2CCc3ccccc32)ncn1. The van der Waals surface area contributed by atoms with E-state index in [9.17, 15) is 4.79 Å². The highest BCUT2D eigenvalue weighted by molar-refractivity contribution is 6.06. The number of rotatable bonds is 4. The summed E-state index contributed by atoms with van der Waals surface area (Å²) in [6.45, 7) is 3.50. The fourth-order valence-corrected chi connectivity index (χ4v) is 3.38. The highest BCUT2D eigenvalue weighted by Crippen LogP contribution is 2.29. The van der Waals surface area contributed by atoms with Gasteiger partial charge in [-0.2, -0.15) is 0 Å². The second-order valence-corrected chi connectivity index (χ2v) is 6.18. The summed E-state index contributed by atoms with van der Waals surface area (Å²) < 4.78 is 0. The quantitative estimate of drug-likeness (QED) is 0.721. The van der Waals surface area contributed by atoms with Crippen molar-refractivity contribution in [1.82, 2.24) is 9.97 Å². The number of carbonyl (C=O) groups excluding carboxylic acids is 1. The van der Waals surface area contributed by atoms with E-state index < -0.39 is 0 Å². The molecule has 5 nitrogen and oxygen atoms in total. The Balaban J connectivity index is 1.65. The van der Waals surface area contributed by atoms with Gasteiger partial charge in [-0.3, -0.25) is 4.79 Å². The number of aromatic nitrogens is 2. The Morgan fingerprint density at radius 2 is 1.85 bits per heavy atom. The van der Waals surface area contributed by atoms with Crippen LogP contribution < -0.4 is 9.80 Å². The number of benzene rings is 2. The van der Waals surface area contributed by atoms with Crippen molar-refractivity contribution in [3.8, 4) is 0 Å². The lowest BCUT2D eigenvalue weighted by molar-refractivity contribution is 0.0984. The largest absolute Gasteiger partial charge is 0.327 e. The molecule has 0 spiro atoms. The molecule has 3 aromatic rings. The Bertz CT molecular complexity index is 926. The van der Waals surface area contributed by atoms with Crippen LogP contribution in [0.25, 0.3) is 0 Å². The third-order valence-corrected chi connectivity index (χ3v) is 4.66. The number of amides is 1. The summed E-state index contributed by atoms with van der Waals surface area (Å²) in [7, 11) is 0. The predicted molar refractivity (Wildman–Crippen MR) is 103 cm³/mol. The number of para-hydroxylation sites is 2. The zero-order chi connectivity index (χ0) is 17.9. The number of fused-ring (bicyclic) bond motifs is 1. The maximum atomic E-state index is 13.0. The molecular weight excluding hydrogens is 324 g/mol. The monoisotopic (exact) mass is 344 g/mol. The van der Waals surface area contributed by atoms with Gasteiger partial charge in [-0.1, -0.05) is 36.4 Å². The second kappa shape index (κ2) is 6.96. The fraction of sp³-hybridized carbons (Fsp3) is 0.190. The third-order valence-electron chi connectivity index (χ3n) is 4.66. The average molecular weight is 344 g/mol. The first-order chi connectivity index (χ1) is 12.8. The van der Waals surface area contributed by atoms with Crippen LogP contribution in [0.15, 0.2) is 67.0 Å². The molecule has 0 unspecified atom stereocenters. The van der Waals surface area contributed by atoms with Crippen molar-refractivity contribution in [2.75, 3.05) is 22.9 Å². The first kappa shape index (κ1) is 16.3. The smallest absolute Gasteiger partial charge is 0.277 e. The molecular formula is C21H20N4O. The number of nitrogens with zero attached hydrogens (tertiary/aromatic N) is 4. The molecule has 0 bridgehead atoms. The van der Waals surface area contributed by atoms with Gasteiger partial charge in [-0.15, -0.1) is 0 Å². The van der Waals surface area contributed by atoms with Gasteiger partial charge in [-0.05, 0) is 37.1 Å². The molecule has 0 saturated carbocycles. The van der Waals surface area contributed by atoms with Gasteiger partial charge in [0.25, 0.3) is 5.91 Å². The predicted octanol–water partition coefficient (Wildman–Crippen LogP) is 3.84. The molecule has 26 heavy (non-hydrogen) atoms. The Kier molecular flexibility index (Phi) is 4.35. The first-order valence-corrected chi connectivity index (χ1v) is 8.82. The zero-order valence-corrected chi connectivity index (χ0v) is 14.7. The van der Waals surface area contributed by atoms with Crippen LogP contribution in [0.5, 0.6) is 0 Å². The van der Waals surface area contributed by atoms with Gasteiger partial charge >= 0.3 is 0 Å². The highest BCUT2D eigenvalue weighted by atomic mass is 16.2. The summed E-state index contributed by atoms with van der Waals surface area (Å²) in [5, 5.41) is 0. The summed E-state index contributed by atoms with van der Waals surface area (Å²) >= 11 is 0. The summed E-state index contributed by atoms with van der Waals surface area (Å²) in [5.41, 5.74) is 3.64. The van der Waals surface area contributed by atoms with Crippen molar-refractivity contribution >= 4 is 23.1 Å². The van der Waals surface area contributed by atoms with Gasteiger partial charge in [0.1, 0.15) is 17.8 Å². The summed E-state index contributed by atoms with van der Waals surface area (Å²) in [6.07, 6.45) is 2.35. The molecule has 0 atom stereocenters. The molecule has 1 aromatic heterocycles. The normalized spacial score (nSPS) is 12.7. The van der Waals surface area contributed by atoms with Crippen LogP contribution in [-0.2, 0) is 6.42 Å². The van der Waals surface area contributed by atoms with E-state index in [1.165, 1.54) is 11.9 Å². The summed E-state index contributed by atoms with van der Waals surface area (Å²) in [5.74, 6) is 0.646. The van der Waals surface area contributed by atoms with Crippen LogP contribution in [0.4, 0.5) is 17.2 Å². The maximum absolute atomic E-state index is 13.0. The maximum Gasteiger partial charge on any atom is 0.277 e. The second-order valence-electron chi connectivity index (χ2n) is 6.18. The lowest BCUT2D eigenvalue weighted by atomic mass is 10.2. The fourth-order valence-electron chi connectivity index (χ4n) is 3.38. The van der Waals surface area contributed by atoms with Gasteiger partial charge in [0.15, 0.2) is 0 Å².